The zero-order chi connectivity index (χ0) is 25.4. The molecule has 10 heteroatoms. The summed E-state index contributed by atoms with van der Waals surface area (Å²) < 4.78 is 15.6. The number of amides is 1. The summed E-state index contributed by atoms with van der Waals surface area (Å²) in [6, 6.07) is 12.9. The quantitative estimate of drug-likeness (QED) is 0.291. The van der Waals surface area contributed by atoms with Crippen LogP contribution in [0.5, 0.6) is 11.5 Å². The van der Waals surface area contributed by atoms with Gasteiger partial charge in [0.15, 0.2) is 5.78 Å². The number of para-hydroxylation sites is 2. The molecule has 0 unspecified atom stereocenters. The highest BCUT2D eigenvalue weighted by atomic mass is 16.5. The minimum absolute atomic E-state index is 0.0752. The number of aromatic amines is 1. The molecule has 1 heterocycles. The van der Waals surface area contributed by atoms with E-state index in [1.54, 1.807) is 46.4 Å². The molecule has 3 aromatic rings. The lowest BCUT2D eigenvalue weighted by molar-refractivity contribution is -0.125. The van der Waals surface area contributed by atoms with Crippen molar-refractivity contribution in [2.24, 2.45) is 5.92 Å². The van der Waals surface area contributed by atoms with Crippen molar-refractivity contribution in [3.63, 3.8) is 0 Å². The Morgan fingerprint density at radius 2 is 1.74 bits per heavy atom. The normalized spacial score (nSPS) is 12.5. The van der Waals surface area contributed by atoms with Crippen molar-refractivity contribution < 1.29 is 23.8 Å². The molecular formula is C25H31N5O5. The fourth-order valence-electron chi connectivity index (χ4n) is 3.49. The largest absolute Gasteiger partial charge is 0.497 e. The minimum atomic E-state index is -0.538. The first-order valence-corrected chi connectivity index (χ1v) is 11.1. The van der Waals surface area contributed by atoms with Crippen LogP contribution in [-0.4, -0.2) is 63.2 Å². The van der Waals surface area contributed by atoms with Gasteiger partial charge in [0.25, 0.3) is 0 Å². The van der Waals surface area contributed by atoms with Crippen molar-refractivity contribution in [1.29, 1.82) is 0 Å². The van der Waals surface area contributed by atoms with Crippen molar-refractivity contribution in [2.75, 3.05) is 46.8 Å². The van der Waals surface area contributed by atoms with Crippen LogP contribution in [-0.2, 0) is 14.3 Å². The number of fused-ring (bicyclic) bond motifs is 1. The maximum atomic E-state index is 13.7. The molecule has 0 aliphatic heterocycles. The monoisotopic (exact) mass is 481 g/mol. The van der Waals surface area contributed by atoms with Crippen molar-refractivity contribution in [3.05, 3.63) is 54.1 Å². The third-order valence-electron chi connectivity index (χ3n) is 5.32. The molecule has 0 saturated carbocycles. The smallest absolute Gasteiger partial charge is 0.246 e. The molecule has 186 valence electrons. The van der Waals surface area contributed by atoms with Crippen LogP contribution in [0, 0.1) is 5.92 Å². The summed E-state index contributed by atoms with van der Waals surface area (Å²) in [6.45, 7) is 1.82. The van der Waals surface area contributed by atoms with E-state index in [0.717, 1.165) is 11.0 Å². The van der Waals surface area contributed by atoms with E-state index in [-0.39, 0.29) is 24.8 Å². The van der Waals surface area contributed by atoms with Gasteiger partial charge in [0.2, 0.25) is 5.91 Å². The number of rotatable bonds is 12. The standard InChI is InChI=1S/C25H31N5O5/c1-15(13-27-21(31)14-33-3)23(32)22(25-29-19-8-6-7-9-20(19)30-25)24(26-2)28-16-10-17(34-4)12-18(11-16)35-5/h6-12,15,26,28H,13-14H2,1-5H3,(H,27,31)(H,29,30)/b24-22+/t15-/m1/s1. The number of carbonyl (C=O) groups is 2. The van der Waals surface area contributed by atoms with Crippen LogP contribution in [0.25, 0.3) is 16.6 Å². The Kier molecular flexibility index (Phi) is 8.69. The molecule has 2 aromatic carbocycles. The van der Waals surface area contributed by atoms with E-state index in [4.69, 9.17) is 14.2 Å². The summed E-state index contributed by atoms with van der Waals surface area (Å²) in [7, 11) is 6.28. The predicted molar refractivity (Wildman–Crippen MR) is 134 cm³/mol. The predicted octanol–water partition coefficient (Wildman–Crippen LogP) is 2.55. The highest BCUT2D eigenvalue weighted by molar-refractivity contribution is 6.22. The number of methoxy groups -OCH3 is 3. The second kappa shape index (κ2) is 11.9. The number of H-pyrrole nitrogens is 1. The Morgan fingerprint density at radius 1 is 1.06 bits per heavy atom. The SMILES string of the molecule is CN/C(Nc1cc(OC)cc(OC)c1)=C(/C(=O)[C@H](C)CNC(=O)COC)c1nc2ccccc2[nH]1. The summed E-state index contributed by atoms with van der Waals surface area (Å²) >= 11 is 0. The highest BCUT2D eigenvalue weighted by Gasteiger charge is 2.26. The maximum Gasteiger partial charge on any atom is 0.246 e. The van der Waals surface area contributed by atoms with Gasteiger partial charge in [-0.15, -0.1) is 0 Å². The van der Waals surface area contributed by atoms with E-state index >= 15 is 0 Å². The van der Waals surface area contributed by atoms with Gasteiger partial charge in [0.05, 0.1) is 25.3 Å². The number of hydrogen-bond donors (Lipinski definition) is 4. The van der Waals surface area contributed by atoms with Gasteiger partial charge in [-0.2, -0.15) is 0 Å². The van der Waals surface area contributed by atoms with Crippen LogP contribution < -0.4 is 25.4 Å². The van der Waals surface area contributed by atoms with Crippen molar-refractivity contribution >= 4 is 34.0 Å². The van der Waals surface area contributed by atoms with E-state index in [2.05, 4.69) is 25.9 Å². The van der Waals surface area contributed by atoms with E-state index in [0.29, 0.717) is 34.4 Å². The van der Waals surface area contributed by atoms with Crippen molar-refractivity contribution in [1.82, 2.24) is 20.6 Å². The van der Waals surface area contributed by atoms with E-state index in [9.17, 15) is 9.59 Å². The third kappa shape index (κ3) is 6.30. The Hall–Kier alpha value is -4.05. The van der Waals surface area contributed by atoms with Gasteiger partial charge in [-0.3, -0.25) is 9.59 Å². The highest BCUT2D eigenvalue weighted by Crippen LogP contribution is 2.29. The van der Waals surface area contributed by atoms with Gasteiger partial charge in [0.1, 0.15) is 35.3 Å². The Labute approximate surface area is 204 Å². The second-order valence-electron chi connectivity index (χ2n) is 7.83. The molecule has 0 aliphatic carbocycles. The molecule has 35 heavy (non-hydrogen) atoms. The Morgan fingerprint density at radius 3 is 2.34 bits per heavy atom. The molecule has 0 saturated heterocycles. The first-order chi connectivity index (χ1) is 16.9. The fraction of sp³-hybridized carbons (Fsp3) is 0.320. The summed E-state index contributed by atoms with van der Waals surface area (Å²) in [4.78, 5) is 33.4. The zero-order valence-corrected chi connectivity index (χ0v) is 20.5. The van der Waals surface area contributed by atoms with Crippen molar-refractivity contribution in [3.8, 4) is 11.5 Å². The molecule has 1 amide bonds. The van der Waals surface area contributed by atoms with Crippen LogP contribution in [0.3, 0.4) is 0 Å². The fourth-order valence-corrected chi connectivity index (χ4v) is 3.49. The Balaban J connectivity index is 2.04. The van der Waals surface area contributed by atoms with Gasteiger partial charge in [0, 0.05) is 50.5 Å². The summed E-state index contributed by atoms with van der Waals surface area (Å²) in [5.74, 6) is 0.966. The molecule has 3 rings (SSSR count). The van der Waals surface area contributed by atoms with Gasteiger partial charge in [-0.1, -0.05) is 19.1 Å². The van der Waals surface area contributed by atoms with E-state index < -0.39 is 5.92 Å². The number of ether oxygens (including phenoxy) is 3. The number of nitrogens with one attached hydrogen (secondary N) is 4. The molecular weight excluding hydrogens is 450 g/mol. The molecule has 0 aliphatic rings. The first-order valence-electron chi connectivity index (χ1n) is 11.1. The zero-order valence-electron chi connectivity index (χ0n) is 20.5. The molecule has 4 N–H and O–H groups in total. The molecule has 0 bridgehead atoms. The summed E-state index contributed by atoms with van der Waals surface area (Å²) in [6.07, 6.45) is 0. The van der Waals surface area contributed by atoms with Crippen LogP contribution >= 0.6 is 0 Å². The third-order valence-corrected chi connectivity index (χ3v) is 5.32. The number of aromatic nitrogens is 2. The average molecular weight is 482 g/mol. The van der Waals surface area contributed by atoms with Gasteiger partial charge < -0.3 is 35.1 Å². The number of ketones is 1. The van der Waals surface area contributed by atoms with Crippen LogP contribution in [0.2, 0.25) is 0 Å². The number of anilines is 1. The Bertz CT molecular complexity index is 1160. The van der Waals surface area contributed by atoms with Gasteiger partial charge >= 0.3 is 0 Å². The number of allylic oxidation sites excluding steroid dienone is 1. The lowest BCUT2D eigenvalue weighted by Crippen LogP contribution is -2.35. The lowest BCUT2D eigenvalue weighted by Gasteiger charge is -2.19. The van der Waals surface area contributed by atoms with Gasteiger partial charge in [-0.25, -0.2) is 4.98 Å². The molecule has 0 spiro atoms. The van der Waals surface area contributed by atoms with Crippen LogP contribution in [0.4, 0.5) is 5.69 Å². The lowest BCUT2D eigenvalue weighted by atomic mass is 9.98. The van der Waals surface area contributed by atoms with Crippen molar-refractivity contribution in [2.45, 2.75) is 6.92 Å². The molecule has 10 nitrogen and oxygen atoms in total. The first kappa shape index (κ1) is 25.6. The number of benzene rings is 2. The number of nitrogens with zero attached hydrogens (tertiary/aromatic N) is 1. The van der Waals surface area contributed by atoms with E-state index in [1.807, 2.05) is 24.3 Å². The number of imidazole rings is 1. The average Bonchev–Trinajstić information content (AvgIpc) is 3.30. The van der Waals surface area contributed by atoms with Crippen LogP contribution in [0.1, 0.15) is 12.7 Å². The second-order valence-corrected chi connectivity index (χ2v) is 7.83. The maximum absolute atomic E-state index is 13.7. The molecule has 1 aromatic heterocycles. The molecule has 0 radical (unpaired) electrons. The van der Waals surface area contributed by atoms with Gasteiger partial charge in [-0.05, 0) is 12.1 Å². The summed E-state index contributed by atoms with van der Waals surface area (Å²) in [5.41, 5.74) is 2.49. The topological polar surface area (TPSA) is 127 Å². The molecule has 1 atom stereocenters. The minimum Gasteiger partial charge on any atom is -0.497 e. The number of Topliss-reactive ketones (excluding diaryl/α,β-unsaturated/α-hetero) is 1. The van der Waals surface area contributed by atoms with E-state index in [1.165, 1.54) is 7.11 Å². The molecule has 0 fully saturated rings. The van der Waals surface area contributed by atoms with Crippen LogP contribution in [0.15, 0.2) is 48.3 Å². The number of carbonyl (C=O) groups excluding carboxylic acids is 2. The number of hydrogen-bond acceptors (Lipinski definition) is 8. The summed E-state index contributed by atoms with van der Waals surface area (Å²) in [5, 5.41) is 9.07.